The second-order valence-corrected chi connectivity index (χ2v) is 8.72. The van der Waals surface area contributed by atoms with Gasteiger partial charge in [0.1, 0.15) is 11.6 Å². The molecule has 0 aliphatic rings. The molecule has 0 aliphatic heterocycles. The third-order valence-corrected chi connectivity index (χ3v) is 6.43. The molecule has 168 valence electrons. The SMILES string of the molecule is Cc1ccc(Cl)c(NC(=O)CSc2nnc(-c3ccccc3)n2-c2ccc(F)cc2F)c1Cl. The van der Waals surface area contributed by atoms with Crippen LogP contribution < -0.4 is 5.32 Å². The largest absolute Gasteiger partial charge is 0.323 e. The summed E-state index contributed by atoms with van der Waals surface area (Å²) in [5.74, 6) is -1.59. The quantitative estimate of drug-likeness (QED) is 0.302. The summed E-state index contributed by atoms with van der Waals surface area (Å²) < 4.78 is 29.6. The van der Waals surface area contributed by atoms with Crippen LogP contribution in [0.2, 0.25) is 10.0 Å². The Hall–Kier alpha value is -2.94. The lowest BCUT2D eigenvalue weighted by Gasteiger charge is -2.12. The van der Waals surface area contributed by atoms with Crippen LogP contribution >= 0.6 is 35.0 Å². The molecule has 5 nitrogen and oxygen atoms in total. The van der Waals surface area contributed by atoms with Gasteiger partial charge >= 0.3 is 0 Å². The molecular weight excluding hydrogens is 489 g/mol. The van der Waals surface area contributed by atoms with E-state index in [0.717, 1.165) is 29.5 Å². The van der Waals surface area contributed by atoms with Crippen molar-refractivity contribution in [1.29, 1.82) is 0 Å². The fourth-order valence-electron chi connectivity index (χ4n) is 3.09. The van der Waals surface area contributed by atoms with Crippen LogP contribution in [0.3, 0.4) is 0 Å². The standard InChI is InChI=1S/C23H16Cl2F2N4OS/c1-13-7-9-16(24)21(20(13)25)28-19(32)12-33-23-30-29-22(14-5-3-2-4-6-14)31(23)18-10-8-15(26)11-17(18)27/h2-11H,12H2,1H3,(H,28,32). The first-order valence-corrected chi connectivity index (χ1v) is 11.4. The zero-order chi connectivity index (χ0) is 23.5. The number of amides is 1. The van der Waals surface area contributed by atoms with E-state index in [4.69, 9.17) is 23.2 Å². The van der Waals surface area contributed by atoms with E-state index in [1.54, 1.807) is 31.2 Å². The molecular formula is C23H16Cl2F2N4OS. The number of nitrogens with zero attached hydrogens (tertiary/aromatic N) is 3. The molecule has 33 heavy (non-hydrogen) atoms. The predicted octanol–water partition coefficient (Wildman–Crippen LogP) is 6.56. The smallest absolute Gasteiger partial charge is 0.234 e. The molecule has 1 heterocycles. The van der Waals surface area contributed by atoms with Crippen LogP contribution in [0.5, 0.6) is 0 Å². The number of rotatable bonds is 6. The van der Waals surface area contributed by atoms with Gasteiger partial charge in [-0.15, -0.1) is 10.2 Å². The van der Waals surface area contributed by atoms with Gasteiger partial charge in [-0.3, -0.25) is 9.36 Å². The summed E-state index contributed by atoms with van der Waals surface area (Å²) in [5, 5.41) is 12.0. The predicted molar refractivity (Wildman–Crippen MR) is 127 cm³/mol. The number of benzene rings is 3. The van der Waals surface area contributed by atoms with Crippen LogP contribution in [-0.2, 0) is 4.79 Å². The van der Waals surface area contributed by atoms with Gasteiger partial charge < -0.3 is 5.32 Å². The molecule has 3 aromatic carbocycles. The molecule has 1 aromatic heterocycles. The zero-order valence-corrected chi connectivity index (χ0v) is 19.5. The Kier molecular flexibility index (Phi) is 6.97. The minimum atomic E-state index is -0.781. The van der Waals surface area contributed by atoms with Crippen LogP contribution in [0.25, 0.3) is 17.1 Å². The molecule has 0 unspecified atom stereocenters. The Morgan fingerprint density at radius 2 is 1.82 bits per heavy atom. The minimum absolute atomic E-state index is 0.0629. The van der Waals surface area contributed by atoms with Crippen LogP contribution in [0, 0.1) is 18.6 Å². The summed E-state index contributed by atoms with van der Waals surface area (Å²) in [7, 11) is 0. The highest BCUT2D eigenvalue weighted by atomic mass is 35.5. The van der Waals surface area contributed by atoms with Crippen molar-refractivity contribution in [2.24, 2.45) is 0 Å². The van der Waals surface area contributed by atoms with Gasteiger partial charge in [0.2, 0.25) is 5.91 Å². The summed E-state index contributed by atoms with van der Waals surface area (Å²) in [6.45, 7) is 1.80. The highest BCUT2D eigenvalue weighted by Crippen LogP contribution is 2.34. The Balaban J connectivity index is 1.64. The first kappa shape index (κ1) is 23.2. The number of anilines is 1. The minimum Gasteiger partial charge on any atom is -0.323 e. The van der Waals surface area contributed by atoms with Gasteiger partial charge in [-0.25, -0.2) is 8.78 Å². The van der Waals surface area contributed by atoms with E-state index >= 15 is 0 Å². The van der Waals surface area contributed by atoms with E-state index in [1.807, 2.05) is 18.2 Å². The number of hydrogen-bond donors (Lipinski definition) is 1. The molecule has 1 N–H and O–H groups in total. The van der Waals surface area contributed by atoms with Gasteiger partial charge in [-0.05, 0) is 30.7 Å². The molecule has 10 heteroatoms. The maximum absolute atomic E-state index is 14.7. The first-order chi connectivity index (χ1) is 15.8. The maximum atomic E-state index is 14.7. The van der Waals surface area contributed by atoms with Crippen molar-refractivity contribution in [2.45, 2.75) is 12.1 Å². The summed E-state index contributed by atoms with van der Waals surface area (Å²) >= 11 is 13.5. The molecule has 0 atom stereocenters. The van der Waals surface area contributed by atoms with Crippen molar-refractivity contribution < 1.29 is 13.6 Å². The normalized spacial score (nSPS) is 10.9. The van der Waals surface area contributed by atoms with E-state index in [0.29, 0.717) is 27.1 Å². The van der Waals surface area contributed by atoms with Crippen molar-refractivity contribution in [3.05, 3.63) is 87.9 Å². The Bertz CT molecular complexity index is 1330. The Morgan fingerprint density at radius 1 is 1.06 bits per heavy atom. The van der Waals surface area contributed by atoms with E-state index in [-0.39, 0.29) is 22.5 Å². The second-order valence-electron chi connectivity index (χ2n) is 6.99. The molecule has 0 aliphatic carbocycles. The van der Waals surface area contributed by atoms with Gasteiger partial charge in [0, 0.05) is 11.6 Å². The highest BCUT2D eigenvalue weighted by Gasteiger charge is 2.20. The number of aromatic nitrogens is 3. The summed E-state index contributed by atoms with van der Waals surface area (Å²) in [5.41, 5.74) is 1.83. The number of halogens is 4. The van der Waals surface area contributed by atoms with Gasteiger partial charge in [0.15, 0.2) is 11.0 Å². The van der Waals surface area contributed by atoms with Gasteiger partial charge in [-0.1, -0.05) is 71.4 Å². The molecule has 1 amide bonds. The summed E-state index contributed by atoms with van der Waals surface area (Å²) in [4.78, 5) is 12.6. The van der Waals surface area contributed by atoms with Crippen molar-refractivity contribution in [3.8, 4) is 17.1 Å². The van der Waals surface area contributed by atoms with Crippen molar-refractivity contribution >= 4 is 46.6 Å². The molecule has 0 saturated carbocycles. The summed E-state index contributed by atoms with van der Waals surface area (Å²) in [6.07, 6.45) is 0. The monoisotopic (exact) mass is 504 g/mol. The van der Waals surface area contributed by atoms with E-state index in [9.17, 15) is 13.6 Å². The lowest BCUT2D eigenvalue weighted by Crippen LogP contribution is -2.15. The summed E-state index contributed by atoms with van der Waals surface area (Å²) in [6, 6.07) is 15.7. The fraction of sp³-hybridized carbons (Fsp3) is 0.0870. The molecule has 0 bridgehead atoms. The van der Waals surface area contributed by atoms with E-state index in [2.05, 4.69) is 15.5 Å². The third-order valence-electron chi connectivity index (χ3n) is 4.70. The van der Waals surface area contributed by atoms with Gasteiger partial charge in [0.05, 0.1) is 27.2 Å². The molecule has 0 fully saturated rings. The molecule has 0 spiro atoms. The van der Waals surface area contributed by atoms with E-state index in [1.165, 1.54) is 10.6 Å². The molecule has 0 saturated heterocycles. The van der Waals surface area contributed by atoms with Crippen molar-refractivity contribution in [3.63, 3.8) is 0 Å². The average molecular weight is 505 g/mol. The number of carbonyl (C=O) groups excluding carboxylic acids is 1. The highest BCUT2D eigenvalue weighted by molar-refractivity contribution is 7.99. The number of hydrogen-bond acceptors (Lipinski definition) is 4. The fourth-order valence-corrected chi connectivity index (χ4v) is 4.30. The second kappa shape index (κ2) is 9.91. The van der Waals surface area contributed by atoms with Crippen LogP contribution in [-0.4, -0.2) is 26.4 Å². The average Bonchev–Trinajstić information content (AvgIpc) is 3.22. The maximum Gasteiger partial charge on any atom is 0.234 e. The van der Waals surface area contributed by atoms with Gasteiger partial charge in [0.25, 0.3) is 0 Å². The van der Waals surface area contributed by atoms with Crippen LogP contribution in [0.1, 0.15) is 5.56 Å². The topological polar surface area (TPSA) is 59.8 Å². The molecule has 0 radical (unpaired) electrons. The molecule has 4 aromatic rings. The van der Waals surface area contributed by atoms with Crippen LogP contribution in [0.15, 0.2) is 65.8 Å². The Morgan fingerprint density at radius 3 is 2.55 bits per heavy atom. The zero-order valence-electron chi connectivity index (χ0n) is 17.2. The van der Waals surface area contributed by atoms with E-state index < -0.39 is 11.6 Å². The van der Waals surface area contributed by atoms with Crippen molar-refractivity contribution in [1.82, 2.24) is 14.8 Å². The van der Waals surface area contributed by atoms with Crippen molar-refractivity contribution in [2.75, 3.05) is 11.1 Å². The number of carbonyl (C=O) groups is 1. The number of nitrogens with one attached hydrogen (secondary N) is 1. The third kappa shape index (κ3) is 5.03. The van der Waals surface area contributed by atoms with Crippen LogP contribution in [0.4, 0.5) is 14.5 Å². The van der Waals surface area contributed by atoms with Gasteiger partial charge in [-0.2, -0.15) is 0 Å². The number of aryl methyl sites for hydroxylation is 1. The molecule has 4 rings (SSSR count). The lowest BCUT2D eigenvalue weighted by atomic mass is 10.2. The lowest BCUT2D eigenvalue weighted by molar-refractivity contribution is -0.113. The first-order valence-electron chi connectivity index (χ1n) is 9.68. The number of thioether (sulfide) groups is 1. The Labute approximate surface area is 202 Å².